The minimum absolute atomic E-state index is 0.336. The molecule has 1 unspecified atom stereocenters. The maximum Gasteiger partial charge on any atom is 0.234 e. The van der Waals surface area contributed by atoms with Crippen LogP contribution in [0.15, 0.2) is 24.7 Å². The fourth-order valence-electron chi connectivity index (χ4n) is 3.69. The van der Waals surface area contributed by atoms with Gasteiger partial charge >= 0.3 is 0 Å². The van der Waals surface area contributed by atoms with Gasteiger partial charge in [0, 0.05) is 49.8 Å². The van der Waals surface area contributed by atoms with Gasteiger partial charge in [0.05, 0.1) is 24.7 Å². The van der Waals surface area contributed by atoms with Crippen LogP contribution in [0.25, 0.3) is 5.78 Å². The first-order valence-electron chi connectivity index (χ1n) is 8.61. The molecule has 0 radical (unpaired) electrons. The lowest BCUT2D eigenvalue weighted by molar-refractivity contribution is -0.105. The Morgan fingerprint density at radius 2 is 2.12 bits per heavy atom. The number of aryl methyl sites for hydroxylation is 3. The van der Waals surface area contributed by atoms with Crippen LogP contribution in [0.3, 0.4) is 0 Å². The molecule has 0 N–H and O–H groups in total. The van der Waals surface area contributed by atoms with Crippen molar-refractivity contribution in [1.29, 1.82) is 0 Å². The van der Waals surface area contributed by atoms with Crippen molar-refractivity contribution in [2.24, 2.45) is 7.05 Å². The highest BCUT2D eigenvalue weighted by molar-refractivity contribution is 5.35. The number of fused-ring (bicyclic) bond motifs is 1. The summed E-state index contributed by atoms with van der Waals surface area (Å²) in [6, 6.07) is 2.09. The van der Waals surface area contributed by atoms with Crippen molar-refractivity contribution < 1.29 is 4.74 Å². The summed E-state index contributed by atoms with van der Waals surface area (Å²) in [4.78, 5) is 11.4. The van der Waals surface area contributed by atoms with Crippen molar-refractivity contribution in [2.75, 3.05) is 19.7 Å². The van der Waals surface area contributed by atoms with Crippen LogP contribution in [-0.4, -0.2) is 48.7 Å². The van der Waals surface area contributed by atoms with E-state index in [9.17, 15) is 0 Å². The van der Waals surface area contributed by atoms with Crippen molar-refractivity contribution in [3.63, 3.8) is 0 Å². The summed E-state index contributed by atoms with van der Waals surface area (Å²) in [7, 11) is 1.93. The Morgan fingerprint density at radius 3 is 2.88 bits per heavy atom. The van der Waals surface area contributed by atoms with E-state index in [2.05, 4.69) is 44.3 Å². The van der Waals surface area contributed by atoms with Crippen LogP contribution in [0.1, 0.15) is 29.6 Å². The Kier molecular flexibility index (Phi) is 3.85. The quantitative estimate of drug-likeness (QED) is 0.728. The summed E-state index contributed by atoms with van der Waals surface area (Å²) in [6.45, 7) is 9.51. The second-order valence-corrected chi connectivity index (χ2v) is 7.12. The third-order valence-electron chi connectivity index (χ3n) is 4.92. The first-order valence-corrected chi connectivity index (χ1v) is 8.61. The number of hydrogen-bond donors (Lipinski definition) is 0. The van der Waals surface area contributed by atoms with Crippen molar-refractivity contribution >= 4 is 5.78 Å². The lowest BCUT2D eigenvalue weighted by atomic mass is 9.97. The number of nitrogens with zero attached hydrogens (tertiary/aromatic N) is 6. The zero-order chi connectivity index (χ0) is 17.6. The molecule has 25 heavy (non-hydrogen) atoms. The number of aromatic nitrogens is 5. The SMILES string of the molecule is Cc1cc(C)n2c(CN3CCOC(C)(c4cnn(C)c4)C3)cnc2n1. The Balaban J connectivity index is 1.59. The fourth-order valence-corrected chi connectivity index (χ4v) is 3.69. The summed E-state index contributed by atoms with van der Waals surface area (Å²) in [5.41, 5.74) is 4.11. The van der Waals surface area contributed by atoms with E-state index in [4.69, 9.17) is 4.74 Å². The first kappa shape index (κ1) is 16.2. The van der Waals surface area contributed by atoms with Gasteiger partial charge < -0.3 is 4.74 Å². The van der Waals surface area contributed by atoms with Gasteiger partial charge in [-0.1, -0.05) is 0 Å². The molecule has 7 heteroatoms. The summed E-state index contributed by atoms with van der Waals surface area (Å²) in [5, 5.41) is 4.29. The second kappa shape index (κ2) is 5.93. The molecule has 1 fully saturated rings. The number of morpholine rings is 1. The Hall–Kier alpha value is -2.25. The number of imidazole rings is 1. The van der Waals surface area contributed by atoms with Gasteiger partial charge in [-0.15, -0.1) is 0 Å². The van der Waals surface area contributed by atoms with E-state index < -0.39 is 0 Å². The predicted molar refractivity (Wildman–Crippen MR) is 94.3 cm³/mol. The standard InChI is InChI=1S/C18H24N6O/c1-13-7-14(2)24-16(9-19-17(24)21-13)11-23-5-6-25-18(3,12-23)15-8-20-22(4)10-15/h7-10H,5-6,11-12H2,1-4H3. The van der Waals surface area contributed by atoms with Crippen LogP contribution in [0, 0.1) is 13.8 Å². The highest BCUT2D eigenvalue weighted by Gasteiger charge is 2.35. The summed E-state index contributed by atoms with van der Waals surface area (Å²) in [6.07, 6.45) is 5.87. The smallest absolute Gasteiger partial charge is 0.234 e. The van der Waals surface area contributed by atoms with Crippen LogP contribution in [-0.2, 0) is 23.9 Å². The van der Waals surface area contributed by atoms with E-state index in [0.717, 1.165) is 42.4 Å². The number of rotatable bonds is 3. The molecular weight excluding hydrogens is 316 g/mol. The third kappa shape index (κ3) is 2.94. The lowest BCUT2D eigenvalue weighted by Crippen LogP contribution is -2.47. The molecule has 1 aliphatic heterocycles. The van der Waals surface area contributed by atoms with Gasteiger partial charge in [0.25, 0.3) is 0 Å². The minimum Gasteiger partial charge on any atom is -0.368 e. The molecule has 3 aromatic rings. The largest absolute Gasteiger partial charge is 0.368 e. The van der Waals surface area contributed by atoms with Gasteiger partial charge in [-0.2, -0.15) is 5.10 Å². The summed E-state index contributed by atoms with van der Waals surface area (Å²) >= 11 is 0. The van der Waals surface area contributed by atoms with Crippen molar-refractivity contribution in [3.8, 4) is 0 Å². The normalized spacial score (nSPS) is 21.9. The van der Waals surface area contributed by atoms with Crippen LogP contribution in [0.4, 0.5) is 0 Å². The molecule has 4 heterocycles. The highest BCUT2D eigenvalue weighted by atomic mass is 16.5. The molecule has 1 saturated heterocycles. The number of hydrogen-bond acceptors (Lipinski definition) is 5. The minimum atomic E-state index is -0.336. The van der Waals surface area contributed by atoms with Crippen LogP contribution in [0.2, 0.25) is 0 Å². The van der Waals surface area contributed by atoms with E-state index in [1.807, 2.05) is 37.2 Å². The molecule has 1 atom stereocenters. The Labute approximate surface area is 147 Å². The number of ether oxygens (including phenoxy) is 1. The van der Waals surface area contributed by atoms with Gasteiger partial charge in [0.1, 0.15) is 5.60 Å². The van der Waals surface area contributed by atoms with E-state index in [1.165, 1.54) is 5.69 Å². The predicted octanol–water partition coefficient (Wildman–Crippen LogP) is 1.83. The Bertz CT molecular complexity index is 914. The lowest BCUT2D eigenvalue weighted by Gasteiger charge is -2.40. The van der Waals surface area contributed by atoms with Gasteiger partial charge in [0.15, 0.2) is 0 Å². The van der Waals surface area contributed by atoms with Gasteiger partial charge in [-0.25, -0.2) is 9.97 Å². The molecule has 0 aromatic carbocycles. The zero-order valence-electron chi connectivity index (χ0n) is 15.2. The molecule has 3 aromatic heterocycles. The Morgan fingerprint density at radius 1 is 1.28 bits per heavy atom. The van der Waals surface area contributed by atoms with Gasteiger partial charge in [-0.3, -0.25) is 14.0 Å². The van der Waals surface area contributed by atoms with Crippen LogP contribution in [0.5, 0.6) is 0 Å². The van der Waals surface area contributed by atoms with E-state index >= 15 is 0 Å². The molecule has 132 valence electrons. The average molecular weight is 340 g/mol. The zero-order valence-corrected chi connectivity index (χ0v) is 15.2. The van der Waals surface area contributed by atoms with Crippen molar-refractivity contribution in [3.05, 3.63) is 47.3 Å². The first-order chi connectivity index (χ1) is 11.9. The average Bonchev–Trinajstić information content (AvgIpc) is 3.14. The molecule has 0 aliphatic carbocycles. The molecule has 1 aliphatic rings. The fraction of sp³-hybridized carbons (Fsp3) is 0.500. The molecule has 7 nitrogen and oxygen atoms in total. The van der Waals surface area contributed by atoms with Crippen LogP contribution >= 0.6 is 0 Å². The molecule has 4 rings (SSSR count). The van der Waals surface area contributed by atoms with Gasteiger partial charge in [-0.05, 0) is 26.8 Å². The maximum absolute atomic E-state index is 6.11. The van der Waals surface area contributed by atoms with E-state index in [0.29, 0.717) is 6.61 Å². The molecule has 0 saturated carbocycles. The molecule has 0 spiro atoms. The van der Waals surface area contributed by atoms with Crippen molar-refractivity contribution in [2.45, 2.75) is 32.9 Å². The van der Waals surface area contributed by atoms with E-state index in [1.54, 1.807) is 0 Å². The topological polar surface area (TPSA) is 60.5 Å². The molecular formula is C18H24N6O. The van der Waals surface area contributed by atoms with Crippen LogP contribution < -0.4 is 0 Å². The maximum atomic E-state index is 6.11. The molecule has 0 amide bonds. The van der Waals surface area contributed by atoms with Gasteiger partial charge in [0.2, 0.25) is 5.78 Å². The molecule has 0 bridgehead atoms. The van der Waals surface area contributed by atoms with E-state index in [-0.39, 0.29) is 5.60 Å². The summed E-state index contributed by atoms with van der Waals surface area (Å²) in [5.74, 6) is 0.774. The second-order valence-electron chi connectivity index (χ2n) is 7.12. The monoisotopic (exact) mass is 340 g/mol. The summed E-state index contributed by atoms with van der Waals surface area (Å²) < 4.78 is 10.1. The third-order valence-corrected chi connectivity index (χ3v) is 4.92. The van der Waals surface area contributed by atoms with Crippen molar-refractivity contribution in [1.82, 2.24) is 29.0 Å². The highest BCUT2D eigenvalue weighted by Crippen LogP contribution is 2.29.